The molecule has 83 valence electrons. The Morgan fingerprint density at radius 1 is 1.24 bits per heavy atom. The molecule has 0 unspecified atom stereocenters. The van der Waals surface area contributed by atoms with Crippen molar-refractivity contribution in [3.8, 4) is 0 Å². The second-order valence-electron chi connectivity index (χ2n) is 3.29. The average molecular weight is 242 g/mol. The van der Waals surface area contributed by atoms with Crippen molar-refractivity contribution in [3.05, 3.63) is 58.6 Å². The van der Waals surface area contributed by atoms with Crippen molar-refractivity contribution in [1.82, 2.24) is 9.22 Å². The van der Waals surface area contributed by atoms with Gasteiger partial charge in [-0.15, -0.1) is 0 Å². The van der Waals surface area contributed by atoms with Crippen molar-refractivity contribution in [2.24, 2.45) is 0 Å². The molecule has 5 nitrogen and oxygen atoms in total. The lowest BCUT2D eigenvalue weighted by atomic mass is 10.2. The molecule has 0 spiro atoms. The van der Waals surface area contributed by atoms with Gasteiger partial charge in [-0.05, 0) is 18.2 Å². The molecule has 3 radical (unpaired) electrons. The van der Waals surface area contributed by atoms with Gasteiger partial charge in [0.25, 0.3) is 5.91 Å². The molecule has 0 bridgehead atoms. The van der Waals surface area contributed by atoms with E-state index < -0.39 is 5.69 Å². The Hall–Kier alpha value is -2.21. The minimum atomic E-state index is -0.493. The van der Waals surface area contributed by atoms with Gasteiger partial charge in [-0.25, -0.2) is 4.79 Å². The van der Waals surface area contributed by atoms with Crippen LogP contribution in [0.5, 0.6) is 0 Å². The van der Waals surface area contributed by atoms with Crippen molar-refractivity contribution in [3.63, 3.8) is 0 Å². The number of nitrogens with zero attached hydrogens (tertiary/aromatic N) is 2. The lowest BCUT2D eigenvalue weighted by molar-refractivity contribution is 0.102. The Balaban J connectivity index is 2.19. The molecule has 1 N–H and O–H groups in total. The van der Waals surface area contributed by atoms with Gasteiger partial charge < -0.3 is 9.55 Å². The fourth-order valence-corrected chi connectivity index (χ4v) is 1.38. The van der Waals surface area contributed by atoms with Gasteiger partial charge in [-0.1, -0.05) is 18.2 Å². The second-order valence-corrected chi connectivity index (χ2v) is 3.77. The number of hydrogen-bond donors (Lipinski definition) is 1. The third-order valence-corrected chi connectivity index (χ3v) is 2.42. The van der Waals surface area contributed by atoms with Gasteiger partial charge >= 0.3 is 5.69 Å². The van der Waals surface area contributed by atoms with Crippen LogP contribution in [0.1, 0.15) is 10.4 Å². The van der Waals surface area contributed by atoms with Gasteiger partial charge in [0.1, 0.15) is 5.82 Å². The van der Waals surface area contributed by atoms with Crippen LogP contribution >= 0.6 is 0 Å². The summed E-state index contributed by atoms with van der Waals surface area (Å²) in [4.78, 5) is 26.6. The number of nitrogens with one attached hydrogen (secondary N) is 1. The van der Waals surface area contributed by atoms with E-state index in [0.717, 1.165) is 4.23 Å². The van der Waals surface area contributed by atoms with Crippen molar-refractivity contribution in [2.75, 3.05) is 5.32 Å². The Kier molecular flexibility index (Phi) is 3.15. The monoisotopic (exact) mass is 242 g/mol. The SMILES string of the molecule is O=C(Nc1ccn([Si])c(=O)n1)c1ccccc1. The topological polar surface area (TPSA) is 64.0 Å². The Labute approximate surface area is 101 Å². The molecule has 0 saturated carbocycles. The summed E-state index contributed by atoms with van der Waals surface area (Å²) in [5.41, 5.74) is 0.0179. The quantitative estimate of drug-likeness (QED) is 0.777. The van der Waals surface area contributed by atoms with E-state index in [0.29, 0.717) is 5.56 Å². The van der Waals surface area contributed by atoms with E-state index >= 15 is 0 Å². The summed E-state index contributed by atoms with van der Waals surface area (Å²) in [7, 11) is 3.02. The third kappa shape index (κ3) is 2.67. The number of carbonyl (C=O) groups excluding carboxylic acids is 1. The zero-order valence-electron chi connectivity index (χ0n) is 8.75. The highest BCUT2D eigenvalue weighted by Gasteiger charge is 2.06. The molecule has 2 aromatic rings. The van der Waals surface area contributed by atoms with Gasteiger partial charge in [0.15, 0.2) is 0 Å². The first kappa shape index (κ1) is 11.3. The molecule has 0 aliphatic rings. The maximum absolute atomic E-state index is 11.7. The highest BCUT2D eigenvalue weighted by atomic mass is 28.2. The van der Waals surface area contributed by atoms with Crippen LogP contribution in [0.3, 0.4) is 0 Å². The van der Waals surface area contributed by atoms with E-state index in [1.54, 1.807) is 24.3 Å². The fourth-order valence-electron chi connectivity index (χ4n) is 1.25. The summed E-state index contributed by atoms with van der Waals surface area (Å²) in [5.74, 6) is -0.0810. The van der Waals surface area contributed by atoms with E-state index in [1.807, 2.05) is 6.07 Å². The minimum absolute atomic E-state index is 0.221. The van der Waals surface area contributed by atoms with Crippen LogP contribution in [0.2, 0.25) is 0 Å². The van der Waals surface area contributed by atoms with Crippen LogP contribution in [0, 0.1) is 0 Å². The van der Waals surface area contributed by atoms with Crippen LogP contribution in [0.25, 0.3) is 0 Å². The minimum Gasteiger partial charge on any atom is -0.329 e. The van der Waals surface area contributed by atoms with E-state index in [4.69, 9.17) is 0 Å². The zero-order valence-corrected chi connectivity index (χ0v) is 9.75. The summed E-state index contributed by atoms with van der Waals surface area (Å²) in [6, 6.07) is 10.2. The average Bonchev–Trinajstić information content (AvgIpc) is 2.35. The number of amides is 1. The summed E-state index contributed by atoms with van der Waals surface area (Å²) < 4.78 is 1.14. The predicted molar refractivity (Wildman–Crippen MR) is 64.0 cm³/mol. The van der Waals surface area contributed by atoms with Crippen molar-refractivity contribution in [1.29, 1.82) is 0 Å². The van der Waals surface area contributed by atoms with Crippen molar-refractivity contribution < 1.29 is 4.79 Å². The van der Waals surface area contributed by atoms with Crippen LogP contribution in [-0.2, 0) is 0 Å². The van der Waals surface area contributed by atoms with Crippen LogP contribution in [0.4, 0.5) is 5.82 Å². The molecular formula is C11H8N3O2Si. The Morgan fingerprint density at radius 3 is 2.59 bits per heavy atom. The van der Waals surface area contributed by atoms with Gasteiger partial charge in [0.05, 0.1) is 0 Å². The molecule has 6 heteroatoms. The van der Waals surface area contributed by atoms with Gasteiger partial charge in [0, 0.05) is 11.8 Å². The smallest absolute Gasteiger partial charge is 0.329 e. The first-order valence-corrected chi connectivity index (χ1v) is 5.29. The van der Waals surface area contributed by atoms with Crippen molar-refractivity contribution in [2.45, 2.75) is 0 Å². The molecule has 2 rings (SSSR count). The van der Waals surface area contributed by atoms with Crippen LogP contribution in [0.15, 0.2) is 47.4 Å². The maximum atomic E-state index is 11.7. The van der Waals surface area contributed by atoms with Gasteiger partial charge in [-0.3, -0.25) is 4.79 Å². The molecule has 1 amide bonds. The number of hydrogen-bond acceptors (Lipinski definition) is 3. The van der Waals surface area contributed by atoms with Crippen molar-refractivity contribution >= 4 is 22.1 Å². The number of rotatable bonds is 2. The number of carbonyl (C=O) groups is 1. The largest absolute Gasteiger partial charge is 0.341 e. The highest BCUT2D eigenvalue weighted by Crippen LogP contribution is 2.03. The molecule has 1 aromatic heterocycles. The van der Waals surface area contributed by atoms with Crippen LogP contribution < -0.4 is 11.0 Å². The molecule has 0 aliphatic heterocycles. The van der Waals surface area contributed by atoms with E-state index in [9.17, 15) is 9.59 Å². The van der Waals surface area contributed by atoms with Gasteiger partial charge in [0.2, 0.25) is 10.4 Å². The molecule has 0 fully saturated rings. The molecule has 0 saturated heterocycles. The first-order chi connectivity index (χ1) is 8.16. The van der Waals surface area contributed by atoms with E-state index in [1.165, 1.54) is 12.3 Å². The Morgan fingerprint density at radius 2 is 1.94 bits per heavy atom. The summed E-state index contributed by atoms with van der Waals surface area (Å²) in [6.07, 6.45) is 1.47. The normalized spacial score (nSPS) is 9.94. The lowest BCUT2D eigenvalue weighted by Gasteiger charge is -2.04. The summed E-state index contributed by atoms with van der Waals surface area (Å²) >= 11 is 0. The molecule has 17 heavy (non-hydrogen) atoms. The molecule has 0 atom stereocenters. The molecule has 0 aliphatic carbocycles. The third-order valence-electron chi connectivity index (χ3n) is 2.08. The summed E-state index contributed by atoms with van der Waals surface area (Å²) in [5, 5.41) is 2.54. The zero-order chi connectivity index (χ0) is 12.3. The fraction of sp³-hybridized carbons (Fsp3) is 0. The molecular weight excluding hydrogens is 234 g/mol. The number of benzene rings is 1. The highest BCUT2D eigenvalue weighted by molar-refractivity contribution is 6.06. The van der Waals surface area contributed by atoms with E-state index in [-0.39, 0.29) is 11.7 Å². The van der Waals surface area contributed by atoms with Crippen LogP contribution in [-0.4, -0.2) is 25.5 Å². The molecule has 1 heterocycles. The lowest BCUT2D eigenvalue weighted by Crippen LogP contribution is -2.23. The number of aromatic nitrogens is 2. The Bertz CT molecular complexity index is 595. The second kappa shape index (κ2) is 4.75. The first-order valence-electron chi connectivity index (χ1n) is 4.84. The standard InChI is InChI=1S/C11H8N3O2Si/c15-10(8-4-2-1-3-5-8)12-9-6-7-14(17)11(16)13-9/h1-7H,(H,12,13,15,16). The van der Waals surface area contributed by atoms with E-state index in [2.05, 4.69) is 20.7 Å². The predicted octanol–water partition coefficient (Wildman–Crippen LogP) is 0.427. The van der Waals surface area contributed by atoms with Gasteiger partial charge in [-0.2, -0.15) is 4.98 Å². The molecule has 1 aromatic carbocycles. The maximum Gasteiger partial charge on any atom is 0.341 e. The number of anilines is 1. The summed E-state index contributed by atoms with van der Waals surface area (Å²) in [6.45, 7) is 0.